The fourth-order valence-corrected chi connectivity index (χ4v) is 1.46. The van der Waals surface area contributed by atoms with Crippen LogP contribution in [0.2, 0.25) is 0 Å². The molecule has 1 heterocycles. The maximum absolute atomic E-state index is 10.4. The van der Waals surface area contributed by atoms with Gasteiger partial charge in [-0.3, -0.25) is 0 Å². The van der Waals surface area contributed by atoms with Gasteiger partial charge in [-0.15, -0.1) is 11.3 Å². The Morgan fingerprint density at radius 2 is 2.00 bits per heavy atom. The van der Waals surface area contributed by atoms with Crippen molar-refractivity contribution in [2.45, 2.75) is 0 Å². The highest BCUT2D eigenvalue weighted by molar-refractivity contribution is 7.14. The normalized spacial score (nSPS) is 10.5. The number of aromatic carboxylic acids is 1. The van der Waals surface area contributed by atoms with Crippen LogP contribution in [0.15, 0.2) is 18.2 Å². The molecule has 0 saturated carbocycles. The monoisotopic (exact) mass is 198 g/mol. The van der Waals surface area contributed by atoms with Gasteiger partial charge in [0.2, 0.25) is 0 Å². The van der Waals surface area contributed by atoms with Gasteiger partial charge in [-0.1, -0.05) is 0 Å². The number of carboxylic acids is 2. The van der Waals surface area contributed by atoms with Crippen molar-refractivity contribution in [3.05, 3.63) is 28.0 Å². The third kappa shape index (κ3) is 2.72. The largest absolute Gasteiger partial charge is 0.478 e. The quantitative estimate of drug-likeness (QED) is 0.722. The minimum absolute atomic E-state index is 0.199. The van der Waals surface area contributed by atoms with Crippen LogP contribution in [0, 0.1) is 0 Å². The van der Waals surface area contributed by atoms with Crippen LogP contribution in [-0.4, -0.2) is 22.2 Å². The minimum Gasteiger partial charge on any atom is -0.478 e. The summed E-state index contributed by atoms with van der Waals surface area (Å²) in [6, 6.07) is 3.00. The van der Waals surface area contributed by atoms with E-state index >= 15 is 0 Å². The Balaban J connectivity index is 2.80. The van der Waals surface area contributed by atoms with Crippen molar-refractivity contribution in [2.75, 3.05) is 0 Å². The molecule has 5 heteroatoms. The van der Waals surface area contributed by atoms with Gasteiger partial charge in [0.1, 0.15) is 4.88 Å². The molecule has 0 bridgehead atoms. The van der Waals surface area contributed by atoms with Gasteiger partial charge < -0.3 is 10.2 Å². The van der Waals surface area contributed by atoms with E-state index in [1.54, 1.807) is 6.07 Å². The summed E-state index contributed by atoms with van der Waals surface area (Å²) in [7, 11) is 0. The highest BCUT2D eigenvalue weighted by Gasteiger charge is 2.04. The van der Waals surface area contributed by atoms with Crippen LogP contribution in [0.25, 0.3) is 6.08 Å². The molecule has 0 aliphatic heterocycles. The maximum Gasteiger partial charge on any atom is 0.345 e. The number of aliphatic carboxylic acids is 1. The number of carboxylic acid groups (broad SMARTS) is 2. The summed E-state index contributed by atoms with van der Waals surface area (Å²) < 4.78 is 0. The molecule has 0 spiro atoms. The topological polar surface area (TPSA) is 74.6 Å². The van der Waals surface area contributed by atoms with E-state index in [-0.39, 0.29) is 4.88 Å². The van der Waals surface area contributed by atoms with Crippen LogP contribution in [0.5, 0.6) is 0 Å². The summed E-state index contributed by atoms with van der Waals surface area (Å²) in [5.74, 6) is -2.05. The van der Waals surface area contributed by atoms with Crippen molar-refractivity contribution in [1.82, 2.24) is 0 Å². The van der Waals surface area contributed by atoms with Crippen LogP contribution in [0.4, 0.5) is 0 Å². The molecule has 68 valence electrons. The van der Waals surface area contributed by atoms with E-state index < -0.39 is 11.9 Å². The zero-order valence-electron chi connectivity index (χ0n) is 6.43. The van der Waals surface area contributed by atoms with Crippen molar-refractivity contribution >= 4 is 29.4 Å². The molecule has 0 aliphatic rings. The maximum atomic E-state index is 10.4. The van der Waals surface area contributed by atoms with Crippen molar-refractivity contribution in [3.8, 4) is 0 Å². The third-order valence-electron chi connectivity index (χ3n) is 1.23. The summed E-state index contributed by atoms with van der Waals surface area (Å²) in [5.41, 5.74) is 0. The molecule has 1 aromatic heterocycles. The standard InChI is InChI=1S/C8H6O4S/c9-7(10)4-2-5-1-3-6(13-5)8(11)12/h1-4H,(H,9,10)(H,11,12). The number of hydrogen-bond acceptors (Lipinski definition) is 3. The van der Waals surface area contributed by atoms with Crippen molar-refractivity contribution in [1.29, 1.82) is 0 Å². The predicted molar refractivity (Wildman–Crippen MR) is 47.9 cm³/mol. The molecule has 0 amide bonds. The Morgan fingerprint density at radius 1 is 1.31 bits per heavy atom. The van der Waals surface area contributed by atoms with Gasteiger partial charge in [0, 0.05) is 11.0 Å². The van der Waals surface area contributed by atoms with Gasteiger partial charge in [-0.25, -0.2) is 9.59 Å². The second-order valence-corrected chi connectivity index (χ2v) is 3.29. The van der Waals surface area contributed by atoms with Crippen LogP contribution in [0.1, 0.15) is 14.5 Å². The van der Waals surface area contributed by atoms with Crippen molar-refractivity contribution in [3.63, 3.8) is 0 Å². The first kappa shape index (κ1) is 9.47. The molecule has 0 radical (unpaired) electrons. The van der Waals surface area contributed by atoms with Gasteiger partial charge in [0.05, 0.1) is 0 Å². The molecule has 13 heavy (non-hydrogen) atoms. The van der Waals surface area contributed by atoms with E-state index in [1.165, 1.54) is 12.1 Å². The molecule has 0 fully saturated rings. The number of rotatable bonds is 3. The Hall–Kier alpha value is -1.62. The fourth-order valence-electron chi connectivity index (χ4n) is 0.711. The van der Waals surface area contributed by atoms with Crippen LogP contribution >= 0.6 is 11.3 Å². The predicted octanol–water partition coefficient (Wildman–Crippen LogP) is 1.54. The summed E-state index contributed by atoms with van der Waals surface area (Å²) in [4.78, 5) is 21.3. The van der Waals surface area contributed by atoms with Gasteiger partial charge in [-0.2, -0.15) is 0 Å². The first-order valence-electron chi connectivity index (χ1n) is 3.34. The Bertz CT molecular complexity index is 364. The van der Waals surface area contributed by atoms with E-state index in [0.717, 1.165) is 17.4 Å². The number of hydrogen-bond donors (Lipinski definition) is 2. The average Bonchev–Trinajstić information content (AvgIpc) is 2.48. The van der Waals surface area contributed by atoms with E-state index in [4.69, 9.17) is 10.2 Å². The minimum atomic E-state index is -1.05. The van der Waals surface area contributed by atoms with Gasteiger partial charge in [0.25, 0.3) is 0 Å². The molecular weight excluding hydrogens is 192 g/mol. The van der Waals surface area contributed by atoms with Crippen molar-refractivity contribution < 1.29 is 19.8 Å². The lowest BCUT2D eigenvalue weighted by molar-refractivity contribution is -0.131. The van der Waals surface area contributed by atoms with E-state index in [0.29, 0.717) is 4.88 Å². The molecular formula is C8H6O4S. The first-order chi connectivity index (χ1) is 6.09. The summed E-state index contributed by atoms with van der Waals surface area (Å²) in [6.07, 6.45) is 2.33. The van der Waals surface area contributed by atoms with Crippen LogP contribution < -0.4 is 0 Å². The zero-order valence-corrected chi connectivity index (χ0v) is 7.25. The lowest BCUT2D eigenvalue weighted by atomic mass is 10.4. The fraction of sp³-hybridized carbons (Fsp3) is 0. The molecule has 1 aromatic rings. The zero-order chi connectivity index (χ0) is 9.84. The second kappa shape index (κ2) is 3.86. The van der Waals surface area contributed by atoms with Crippen molar-refractivity contribution in [2.24, 2.45) is 0 Å². The van der Waals surface area contributed by atoms with E-state index in [9.17, 15) is 9.59 Å². The second-order valence-electron chi connectivity index (χ2n) is 2.18. The Morgan fingerprint density at radius 3 is 2.46 bits per heavy atom. The number of carbonyl (C=O) groups is 2. The van der Waals surface area contributed by atoms with Gasteiger partial charge >= 0.3 is 11.9 Å². The molecule has 0 saturated heterocycles. The number of thiophene rings is 1. The van der Waals surface area contributed by atoms with Gasteiger partial charge in [0.15, 0.2) is 0 Å². The molecule has 2 N–H and O–H groups in total. The highest BCUT2D eigenvalue weighted by atomic mass is 32.1. The summed E-state index contributed by atoms with van der Waals surface area (Å²) in [6.45, 7) is 0. The van der Waals surface area contributed by atoms with E-state index in [1.807, 2.05) is 0 Å². The Labute approximate surface area is 77.8 Å². The Kier molecular flexibility index (Phi) is 2.81. The SMILES string of the molecule is O=C(O)C=Cc1ccc(C(=O)O)s1. The molecule has 0 atom stereocenters. The molecule has 0 unspecified atom stereocenters. The molecule has 0 aromatic carbocycles. The van der Waals surface area contributed by atoms with E-state index in [2.05, 4.69) is 0 Å². The highest BCUT2D eigenvalue weighted by Crippen LogP contribution is 2.17. The molecule has 0 aliphatic carbocycles. The summed E-state index contributed by atoms with van der Waals surface area (Å²) in [5, 5.41) is 16.8. The lowest BCUT2D eigenvalue weighted by Gasteiger charge is -1.82. The lowest BCUT2D eigenvalue weighted by Crippen LogP contribution is -1.89. The first-order valence-corrected chi connectivity index (χ1v) is 4.15. The van der Waals surface area contributed by atoms with Gasteiger partial charge in [-0.05, 0) is 18.2 Å². The van der Waals surface area contributed by atoms with Crippen LogP contribution in [0.3, 0.4) is 0 Å². The third-order valence-corrected chi connectivity index (χ3v) is 2.27. The van der Waals surface area contributed by atoms with Crippen LogP contribution in [-0.2, 0) is 4.79 Å². The molecule has 4 nitrogen and oxygen atoms in total. The smallest absolute Gasteiger partial charge is 0.345 e. The summed E-state index contributed by atoms with van der Waals surface area (Å²) >= 11 is 1.03. The average molecular weight is 198 g/mol. The molecule has 1 rings (SSSR count).